The standard InChI is InChI=1S/C23H19F2N3O4/c1-12-20(23(30)27-17-9-8-14(24)11-16(17)25)21(13-4-2-5-15(10-13)28(31)32)22-18(26-12)6-3-7-19(22)29/h2,4-5,8-11,21,26H,3,6-7H2,1H3,(H,27,30). The molecule has 164 valence electrons. The summed E-state index contributed by atoms with van der Waals surface area (Å²) in [4.78, 5) is 36.9. The van der Waals surface area contributed by atoms with Crippen LogP contribution in [-0.4, -0.2) is 16.6 Å². The molecule has 7 nitrogen and oxygen atoms in total. The van der Waals surface area contributed by atoms with E-state index in [-0.39, 0.29) is 22.7 Å². The zero-order chi connectivity index (χ0) is 23.0. The van der Waals surface area contributed by atoms with Crippen molar-refractivity contribution in [2.24, 2.45) is 0 Å². The maximum Gasteiger partial charge on any atom is 0.269 e. The van der Waals surface area contributed by atoms with Gasteiger partial charge in [0.2, 0.25) is 0 Å². The monoisotopic (exact) mass is 439 g/mol. The van der Waals surface area contributed by atoms with E-state index >= 15 is 0 Å². The zero-order valence-corrected chi connectivity index (χ0v) is 17.1. The Bertz CT molecular complexity index is 1220. The van der Waals surface area contributed by atoms with Crippen LogP contribution in [0.3, 0.4) is 0 Å². The minimum atomic E-state index is -0.944. The predicted octanol–water partition coefficient (Wildman–Crippen LogP) is 4.48. The Kier molecular flexibility index (Phi) is 5.56. The summed E-state index contributed by atoms with van der Waals surface area (Å²) in [5, 5.41) is 16.9. The van der Waals surface area contributed by atoms with E-state index in [4.69, 9.17) is 0 Å². The summed E-state index contributed by atoms with van der Waals surface area (Å²) >= 11 is 0. The molecule has 0 fully saturated rings. The van der Waals surface area contributed by atoms with E-state index in [1.165, 1.54) is 18.2 Å². The first-order chi connectivity index (χ1) is 15.3. The number of allylic oxidation sites excluding steroid dienone is 3. The maximum atomic E-state index is 14.1. The van der Waals surface area contributed by atoms with Crippen LogP contribution in [0.2, 0.25) is 0 Å². The highest BCUT2D eigenvalue weighted by Crippen LogP contribution is 2.43. The molecule has 32 heavy (non-hydrogen) atoms. The van der Waals surface area contributed by atoms with Crippen molar-refractivity contribution < 1.29 is 23.3 Å². The number of anilines is 1. The molecule has 2 N–H and O–H groups in total. The third-order valence-electron chi connectivity index (χ3n) is 5.61. The Hall–Kier alpha value is -3.88. The average Bonchev–Trinajstić information content (AvgIpc) is 2.75. The molecule has 4 rings (SSSR count). The predicted molar refractivity (Wildman–Crippen MR) is 113 cm³/mol. The third kappa shape index (κ3) is 3.89. The Balaban J connectivity index is 1.82. The van der Waals surface area contributed by atoms with Crippen molar-refractivity contribution in [1.82, 2.24) is 5.32 Å². The van der Waals surface area contributed by atoms with Gasteiger partial charge in [0.1, 0.15) is 11.6 Å². The molecule has 0 saturated heterocycles. The molecule has 2 aromatic carbocycles. The molecule has 0 aromatic heterocycles. The van der Waals surface area contributed by atoms with Crippen molar-refractivity contribution in [3.05, 3.63) is 92.3 Å². The fourth-order valence-electron chi connectivity index (χ4n) is 4.22. The van der Waals surface area contributed by atoms with Crippen LogP contribution in [0.1, 0.15) is 37.7 Å². The number of benzene rings is 2. The lowest BCUT2D eigenvalue weighted by atomic mass is 9.75. The van der Waals surface area contributed by atoms with Crippen LogP contribution in [0.4, 0.5) is 20.2 Å². The summed E-state index contributed by atoms with van der Waals surface area (Å²) in [6.45, 7) is 1.66. The van der Waals surface area contributed by atoms with Crippen LogP contribution >= 0.6 is 0 Å². The second kappa shape index (κ2) is 8.33. The molecule has 1 atom stereocenters. The van der Waals surface area contributed by atoms with Crippen LogP contribution in [0.5, 0.6) is 0 Å². The highest BCUT2D eigenvalue weighted by molar-refractivity contribution is 6.09. The van der Waals surface area contributed by atoms with Gasteiger partial charge < -0.3 is 10.6 Å². The summed E-state index contributed by atoms with van der Waals surface area (Å²) in [5.74, 6) is -3.43. The van der Waals surface area contributed by atoms with E-state index in [0.717, 1.165) is 12.1 Å². The molecule has 0 bridgehead atoms. The van der Waals surface area contributed by atoms with Crippen molar-refractivity contribution in [2.75, 3.05) is 5.32 Å². The number of hydrogen-bond donors (Lipinski definition) is 2. The summed E-state index contributed by atoms with van der Waals surface area (Å²) in [6.07, 6.45) is 1.56. The van der Waals surface area contributed by atoms with Crippen molar-refractivity contribution in [3.8, 4) is 0 Å². The summed E-state index contributed by atoms with van der Waals surface area (Å²) in [5.41, 5.74) is 1.68. The van der Waals surface area contributed by atoms with Gasteiger partial charge in [-0.25, -0.2) is 8.78 Å². The lowest BCUT2D eigenvalue weighted by Crippen LogP contribution is -2.35. The number of nitrogens with one attached hydrogen (secondary N) is 2. The number of carbonyl (C=O) groups excluding carboxylic acids is 2. The molecule has 9 heteroatoms. The molecule has 1 aliphatic heterocycles. The van der Waals surface area contributed by atoms with Crippen molar-refractivity contribution in [2.45, 2.75) is 32.1 Å². The summed E-state index contributed by atoms with van der Waals surface area (Å²) in [6, 6.07) is 8.55. The van der Waals surface area contributed by atoms with E-state index in [0.29, 0.717) is 47.9 Å². The van der Waals surface area contributed by atoms with Gasteiger partial charge in [-0.2, -0.15) is 0 Å². The van der Waals surface area contributed by atoms with Gasteiger partial charge in [-0.15, -0.1) is 0 Å². The molecule has 0 radical (unpaired) electrons. The van der Waals surface area contributed by atoms with E-state index in [9.17, 15) is 28.5 Å². The number of rotatable bonds is 4. The number of nitro groups is 1. The van der Waals surface area contributed by atoms with E-state index in [1.807, 2.05) is 0 Å². The van der Waals surface area contributed by atoms with Gasteiger partial charge >= 0.3 is 0 Å². The molecule has 2 aromatic rings. The van der Waals surface area contributed by atoms with Gasteiger partial charge in [-0.3, -0.25) is 19.7 Å². The topological polar surface area (TPSA) is 101 Å². The van der Waals surface area contributed by atoms with Gasteiger partial charge in [0.05, 0.1) is 10.6 Å². The molecule has 1 heterocycles. The van der Waals surface area contributed by atoms with E-state index in [1.54, 1.807) is 13.0 Å². The number of halogens is 2. The van der Waals surface area contributed by atoms with Gasteiger partial charge in [0, 0.05) is 53.1 Å². The smallest absolute Gasteiger partial charge is 0.269 e. The second-order valence-electron chi connectivity index (χ2n) is 7.70. The molecule has 1 amide bonds. The Morgan fingerprint density at radius 3 is 2.69 bits per heavy atom. The Morgan fingerprint density at radius 1 is 1.19 bits per heavy atom. The highest BCUT2D eigenvalue weighted by Gasteiger charge is 2.39. The van der Waals surface area contributed by atoms with Gasteiger partial charge in [0.15, 0.2) is 5.78 Å². The maximum absolute atomic E-state index is 14.1. The number of hydrogen-bond acceptors (Lipinski definition) is 5. The number of nitrogens with zero attached hydrogens (tertiary/aromatic N) is 1. The first-order valence-corrected chi connectivity index (χ1v) is 10.0. The molecular formula is C23H19F2N3O4. The fourth-order valence-corrected chi connectivity index (χ4v) is 4.22. The fraction of sp³-hybridized carbons (Fsp3) is 0.217. The Morgan fingerprint density at radius 2 is 1.97 bits per heavy atom. The zero-order valence-electron chi connectivity index (χ0n) is 17.1. The third-order valence-corrected chi connectivity index (χ3v) is 5.61. The molecule has 1 unspecified atom stereocenters. The first-order valence-electron chi connectivity index (χ1n) is 10.0. The number of non-ortho nitro benzene ring substituents is 1. The Labute approximate surface area is 182 Å². The van der Waals surface area contributed by atoms with Crippen LogP contribution in [-0.2, 0) is 9.59 Å². The molecule has 0 spiro atoms. The minimum absolute atomic E-state index is 0.142. The average molecular weight is 439 g/mol. The summed E-state index contributed by atoms with van der Waals surface area (Å²) in [7, 11) is 0. The number of amides is 1. The number of carbonyl (C=O) groups is 2. The largest absolute Gasteiger partial charge is 0.362 e. The SMILES string of the molecule is CC1=C(C(=O)Nc2ccc(F)cc2F)C(c2cccc([N+](=O)[O-])c2)C2=C(CCCC2=O)N1. The highest BCUT2D eigenvalue weighted by atomic mass is 19.1. The van der Waals surface area contributed by atoms with E-state index in [2.05, 4.69) is 10.6 Å². The first kappa shape index (κ1) is 21.4. The van der Waals surface area contributed by atoms with Gasteiger partial charge in [-0.05, 0) is 37.5 Å². The van der Waals surface area contributed by atoms with E-state index < -0.39 is 28.4 Å². The quantitative estimate of drug-likeness (QED) is 0.540. The van der Waals surface area contributed by atoms with Crippen LogP contribution in [0, 0.1) is 21.7 Å². The van der Waals surface area contributed by atoms with Crippen LogP contribution in [0.15, 0.2) is 65.0 Å². The number of Topliss-reactive ketones (excluding diaryl/α,β-unsaturated/α-hetero) is 1. The van der Waals surface area contributed by atoms with Crippen LogP contribution in [0.25, 0.3) is 0 Å². The van der Waals surface area contributed by atoms with Gasteiger partial charge in [-0.1, -0.05) is 12.1 Å². The summed E-state index contributed by atoms with van der Waals surface area (Å²) < 4.78 is 27.4. The molecule has 1 aliphatic carbocycles. The molecular weight excluding hydrogens is 420 g/mol. The second-order valence-corrected chi connectivity index (χ2v) is 7.70. The minimum Gasteiger partial charge on any atom is -0.362 e. The lowest BCUT2D eigenvalue weighted by molar-refractivity contribution is -0.384. The number of dihydropyridines is 1. The lowest BCUT2D eigenvalue weighted by Gasteiger charge is -2.34. The van der Waals surface area contributed by atoms with Crippen LogP contribution < -0.4 is 10.6 Å². The number of ketones is 1. The van der Waals surface area contributed by atoms with Crippen molar-refractivity contribution in [3.63, 3.8) is 0 Å². The molecule has 0 saturated carbocycles. The van der Waals surface area contributed by atoms with Crippen molar-refractivity contribution in [1.29, 1.82) is 0 Å². The number of nitro benzene ring substituents is 1. The normalized spacial score (nSPS) is 18.2. The van der Waals surface area contributed by atoms with Crippen molar-refractivity contribution >= 4 is 23.1 Å². The molecule has 2 aliphatic rings. The van der Waals surface area contributed by atoms with Gasteiger partial charge in [0.25, 0.3) is 11.6 Å².